The summed E-state index contributed by atoms with van der Waals surface area (Å²) >= 11 is 0. The van der Waals surface area contributed by atoms with Gasteiger partial charge in [-0.2, -0.15) is 0 Å². The summed E-state index contributed by atoms with van der Waals surface area (Å²) in [7, 11) is 0. The van der Waals surface area contributed by atoms with Crippen molar-refractivity contribution in [2.24, 2.45) is 0 Å². The molecule has 0 amide bonds. The van der Waals surface area contributed by atoms with Crippen LogP contribution < -0.4 is 0 Å². The Morgan fingerprint density at radius 3 is 2.23 bits per heavy atom. The number of carboxylic acids is 1. The second-order valence-corrected chi connectivity index (χ2v) is 2.69. The number of carbonyl (C=O) groups is 1. The molecule has 0 unspecified atom stereocenters. The Kier molecular flexibility index (Phi) is 20.1. The third kappa shape index (κ3) is 13.2. The Morgan fingerprint density at radius 2 is 1.85 bits per heavy atom. The first-order valence-corrected chi connectivity index (χ1v) is 4.08. The van der Waals surface area contributed by atoms with Crippen molar-refractivity contribution in [1.82, 2.24) is 0 Å². The molecule has 0 aliphatic heterocycles. The molecule has 0 fully saturated rings. The van der Waals surface area contributed by atoms with E-state index in [4.69, 9.17) is 5.11 Å². The monoisotopic (exact) mass is 204 g/mol. The molecule has 0 saturated carbocycles. The van der Waals surface area contributed by atoms with E-state index in [0.29, 0.717) is 5.57 Å². The molecule has 0 rings (SSSR count). The minimum atomic E-state index is -0.804. The molecule has 0 aromatic rings. The van der Waals surface area contributed by atoms with Gasteiger partial charge >= 0.3 is 65.1 Å². The van der Waals surface area contributed by atoms with E-state index in [-0.39, 0.29) is 59.1 Å². The molecular formula is C9H18Na2O2. The van der Waals surface area contributed by atoms with E-state index >= 15 is 0 Å². The van der Waals surface area contributed by atoms with Crippen molar-refractivity contribution in [2.45, 2.75) is 39.5 Å². The first kappa shape index (κ1) is 19.7. The molecule has 0 aromatic carbocycles. The van der Waals surface area contributed by atoms with Gasteiger partial charge in [0.25, 0.3) is 0 Å². The summed E-state index contributed by atoms with van der Waals surface area (Å²) in [5, 5.41) is 8.47. The second kappa shape index (κ2) is 13.2. The molecule has 68 valence electrons. The zero-order chi connectivity index (χ0) is 8.69. The molecular weight excluding hydrogens is 186 g/mol. The van der Waals surface area contributed by atoms with Gasteiger partial charge in [0, 0.05) is 5.57 Å². The van der Waals surface area contributed by atoms with Gasteiger partial charge in [0.15, 0.2) is 0 Å². The first-order chi connectivity index (χ1) is 5.18. The molecule has 0 heterocycles. The standard InChI is InChI=1S/C9H16O2.2Na.2H/c1-3-4-5-6-7-8(2)9(10)11;;;;/h7H,3-6H2,1-2H3,(H,10,11);;;;/b8-7-;;;;. The molecule has 0 aliphatic carbocycles. The van der Waals surface area contributed by atoms with Crippen LogP contribution >= 0.6 is 0 Å². The van der Waals surface area contributed by atoms with Gasteiger partial charge < -0.3 is 5.11 Å². The van der Waals surface area contributed by atoms with Gasteiger partial charge in [-0.1, -0.05) is 25.8 Å². The van der Waals surface area contributed by atoms with Gasteiger partial charge in [-0.3, -0.25) is 0 Å². The van der Waals surface area contributed by atoms with E-state index in [1.54, 1.807) is 13.0 Å². The average Bonchev–Trinajstić information content (AvgIpc) is 1.97. The summed E-state index contributed by atoms with van der Waals surface area (Å²) < 4.78 is 0. The number of unbranched alkanes of at least 4 members (excludes halogenated alkanes) is 3. The molecule has 0 radical (unpaired) electrons. The average molecular weight is 204 g/mol. The predicted molar refractivity (Wildman–Crippen MR) is 59.8 cm³/mol. The molecule has 4 heteroatoms. The van der Waals surface area contributed by atoms with Crippen molar-refractivity contribution in [2.75, 3.05) is 0 Å². The molecule has 0 aliphatic rings. The van der Waals surface area contributed by atoms with Gasteiger partial charge in [-0.15, -0.1) is 0 Å². The van der Waals surface area contributed by atoms with Crippen LogP contribution in [0.4, 0.5) is 0 Å². The number of hydrogen-bond acceptors (Lipinski definition) is 1. The summed E-state index contributed by atoms with van der Waals surface area (Å²) in [4.78, 5) is 10.3. The normalized spacial score (nSPS) is 9.85. The molecule has 0 atom stereocenters. The van der Waals surface area contributed by atoms with Gasteiger partial charge in [-0.05, 0) is 19.8 Å². The fourth-order valence-corrected chi connectivity index (χ4v) is 0.800. The van der Waals surface area contributed by atoms with Crippen LogP contribution in [0.25, 0.3) is 0 Å². The van der Waals surface area contributed by atoms with Crippen LogP contribution in [0.3, 0.4) is 0 Å². The number of allylic oxidation sites excluding steroid dienone is 1. The fourth-order valence-electron chi connectivity index (χ4n) is 0.800. The van der Waals surface area contributed by atoms with E-state index in [2.05, 4.69) is 6.92 Å². The summed E-state index contributed by atoms with van der Waals surface area (Å²) in [6.45, 7) is 3.77. The fraction of sp³-hybridized carbons (Fsp3) is 0.667. The van der Waals surface area contributed by atoms with Crippen LogP contribution in [0.5, 0.6) is 0 Å². The molecule has 1 N–H and O–H groups in total. The van der Waals surface area contributed by atoms with E-state index in [9.17, 15) is 4.79 Å². The van der Waals surface area contributed by atoms with E-state index in [0.717, 1.165) is 12.8 Å². The van der Waals surface area contributed by atoms with Crippen LogP contribution in [0, 0.1) is 0 Å². The Labute approximate surface area is 125 Å². The van der Waals surface area contributed by atoms with Crippen LogP contribution in [0.2, 0.25) is 0 Å². The molecule has 13 heavy (non-hydrogen) atoms. The first-order valence-electron chi connectivity index (χ1n) is 4.08. The van der Waals surface area contributed by atoms with Gasteiger partial charge in [-0.25, -0.2) is 4.79 Å². The van der Waals surface area contributed by atoms with Crippen molar-refractivity contribution < 1.29 is 9.90 Å². The van der Waals surface area contributed by atoms with Crippen molar-refractivity contribution in [3.8, 4) is 0 Å². The third-order valence-corrected chi connectivity index (χ3v) is 1.60. The summed E-state index contributed by atoms with van der Waals surface area (Å²) in [6, 6.07) is 0. The van der Waals surface area contributed by atoms with Crippen LogP contribution in [-0.2, 0) is 4.79 Å². The van der Waals surface area contributed by atoms with Crippen LogP contribution in [-0.4, -0.2) is 70.2 Å². The second-order valence-electron chi connectivity index (χ2n) is 2.69. The SMILES string of the molecule is CCCCC/C=C(/C)C(=O)O.[NaH].[NaH]. The van der Waals surface area contributed by atoms with E-state index in [1.807, 2.05) is 0 Å². The van der Waals surface area contributed by atoms with E-state index in [1.165, 1.54) is 12.8 Å². The Hall–Kier alpha value is 1.21. The zero-order valence-corrected chi connectivity index (χ0v) is 7.26. The number of aliphatic carboxylic acids is 1. The number of hydrogen-bond donors (Lipinski definition) is 1. The zero-order valence-electron chi connectivity index (χ0n) is 7.26. The summed E-state index contributed by atoms with van der Waals surface area (Å²) in [5.74, 6) is -0.804. The molecule has 0 bridgehead atoms. The quantitative estimate of drug-likeness (QED) is 0.416. The van der Waals surface area contributed by atoms with Crippen LogP contribution in [0.1, 0.15) is 39.5 Å². The van der Waals surface area contributed by atoms with Crippen molar-refractivity contribution in [3.05, 3.63) is 11.6 Å². The van der Waals surface area contributed by atoms with Gasteiger partial charge in [0.1, 0.15) is 0 Å². The van der Waals surface area contributed by atoms with Crippen LogP contribution in [0.15, 0.2) is 11.6 Å². The molecule has 0 aromatic heterocycles. The number of carboxylic acid groups (broad SMARTS) is 1. The maximum atomic E-state index is 10.3. The molecule has 0 spiro atoms. The maximum absolute atomic E-state index is 10.3. The molecule has 0 saturated heterocycles. The Balaban J connectivity index is -0.000000500. The van der Waals surface area contributed by atoms with Crippen molar-refractivity contribution in [3.63, 3.8) is 0 Å². The van der Waals surface area contributed by atoms with Crippen molar-refractivity contribution >= 4 is 65.1 Å². The summed E-state index contributed by atoms with van der Waals surface area (Å²) in [5.41, 5.74) is 0.459. The van der Waals surface area contributed by atoms with E-state index < -0.39 is 5.97 Å². The van der Waals surface area contributed by atoms with Gasteiger partial charge in [0.2, 0.25) is 0 Å². The van der Waals surface area contributed by atoms with Crippen molar-refractivity contribution in [1.29, 1.82) is 0 Å². The molecule has 2 nitrogen and oxygen atoms in total. The number of rotatable bonds is 5. The predicted octanol–water partition coefficient (Wildman–Crippen LogP) is 1.30. The topological polar surface area (TPSA) is 37.3 Å². The minimum absolute atomic E-state index is 0. The Morgan fingerprint density at radius 1 is 1.31 bits per heavy atom. The Bertz CT molecular complexity index is 156. The van der Waals surface area contributed by atoms with Gasteiger partial charge in [0.05, 0.1) is 0 Å². The third-order valence-electron chi connectivity index (χ3n) is 1.60. The summed E-state index contributed by atoms with van der Waals surface area (Å²) in [6.07, 6.45) is 6.15.